The highest BCUT2D eigenvalue weighted by atomic mass is 16.5. The van der Waals surface area contributed by atoms with Crippen LogP contribution in [0.4, 0.5) is 5.69 Å². The smallest absolute Gasteiger partial charge is 0.258 e. The molecule has 1 N–H and O–H groups in total. The van der Waals surface area contributed by atoms with Crippen molar-refractivity contribution in [1.29, 1.82) is 0 Å². The third kappa shape index (κ3) is 4.01. The highest BCUT2D eigenvalue weighted by Gasteiger charge is 2.43. The van der Waals surface area contributed by atoms with Crippen molar-refractivity contribution in [3.05, 3.63) is 59.7 Å². The van der Waals surface area contributed by atoms with Gasteiger partial charge >= 0.3 is 0 Å². The first-order valence-corrected chi connectivity index (χ1v) is 10.4. The zero-order chi connectivity index (χ0) is 20.1. The second kappa shape index (κ2) is 8.68. The van der Waals surface area contributed by atoms with E-state index in [1.807, 2.05) is 41.3 Å². The Hall–Kier alpha value is -2.49. The van der Waals surface area contributed by atoms with Gasteiger partial charge in [0, 0.05) is 11.7 Å². The summed E-state index contributed by atoms with van der Waals surface area (Å²) in [4.78, 5) is 15.1. The highest BCUT2D eigenvalue weighted by molar-refractivity contribution is 6.02. The second-order valence-corrected chi connectivity index (χ2v) is 7.95. The van der Waals surface area contributed by atoms with Crippen molar-refractivity contribution in [1.82, 2.24) is 4.90 Å². The van der Waals surface area contributed by atoms with Crippen molar-refractivity contribution >= 4 is 11.6 Å². The molecule has 0 saturated heterocycles. The minimum absolute atomic E-state index is 0.0584. The van der Waals surface area contributed by atoms with Crippen molar-refractivity contribution in [2.75, 3.05) is 11.9 Å². The monoisotopic (exact) mass is 380 g/mol. The molecule has 0 bridgehead atoms. The van der Waals surface area contributed by atoms with E-state index in [-0.39, 0.29) is 11.9 Å². The first kappa shape index (κ1) is 20.2. The number of unbranched alkanes of at least 4 members (excludes halogenated alkanes) is 3. The number of carbonyl (C=O) groups is 1. The lowest BCUT2D eigenvalue weighted by Gasteiger charge is -2.48. The number of amides is 1. The predicted octanol–water partition coefficient (Wildman–Crippen LogP) is 5.79. The van der Waals surface area contributed by atoms with Crippen molar-refractivity contribution in [2.45, 2.75) is 65.1 Å². The Morgan fingerprint density at radius 2 is 1.75 bits per heavy atom. The van der Waals surface area contributed by atoms with Crippen molar-refractivity contribution in [2.24, 2.45) is 0 Å². The van der Waals surface area contributed by atoms with E-state index in [2.05, 4.69) is 45.1 Å². The van der Waals surface area contributed by atoms with Gasteiger partial charge < -0.3 is 15.0 Å². The van der Waals surface area contributed by atoms with Gasteiger partial charge in [0.1, 0.15) is 11.4 Å². The molecule has 2 aromatic carbocycles. The number of para-hydroxylation sites is 1. The van der Waals surface area contributed by atoms with Crippen molar-refractivity contribution in [3.8, 4) is 5.75 Å². The third-order valence-electron chi connectivity index (χ3n) is 5.44. The summed E-state index contributed by atoms with van der Waals surface area (Å²) in [6, 6.07) is 15.9. The molecule has 150 valence electrons. The average molecular weight is 381 g/mol. The van der Waals surface area contributed by atoms with Gasteiger partial charge in [-0.1, -0.05) is 50.5 Å². The molecule has 4 nitrogen and oxygen atoms in total. The summed E-state index contributed by atoms with van der Waals surface area (Å²) in [5, 5.41) is 3.60. The van der Waals surface area contributed by atoms with Crippen LogP contribution in [0.5, 0.6) is 5.75 Å². The van der Waals surface area contributed by atoms with Gasteiger partial charge in [0.2, 0.25) is 0 Å². The Labute approximate surface area is 168 Å². The van der Waals surface area contributed by atoms with Crippen LogP contribution in [0.25, 0.3) is 0 Å². The quantitative estimate of drug-likeness (QED) is 0.589. The lowest BCUT2D eigenvalue weighted by Crippen LogP contribution is -2.58. The van der Waals surface area contributed by atoms with Crippen LogP contribution in [-0.4, -0.2) is 23.5 Å². The summed E-state index contributed by atoms with van der Waals surface area (Å²) < 4.78 is 5.88. The van der Waals surface area contributed by atoms with Gasteiger partial charge in [-0.25, -0.2) is 0 Å². The molecule has 2 aromatic rings. The number of ether oxygens (including phenoxy) is 1. The number of hydrogen-bond donors (Lipinski definition) is 1. The van der Waals surface area contributed by atoms with E-state index in [9.17, 15) is 4.79 Å². The second-order valence-electron chi connectivity index (χ2n) is 7.95. The first-order chi connectivity index (χ1) is 13.5. The topological polar surface area (TPSA) is 41.6 Å². The van der Waals surface area contributed by atoms with Gasteiger partial charge in [0.15, 0.2) is 0 Å². The van der Waals surface area contributed by atoms with E-state index in [4.69, 9.17) is 4.74 Å². The number of hydrogen-bond acceptors (Lipinski definition) is 3. The molecule has 1 aliphatic heterocycles. The average Bonchev–Trinajstić information content (AvgIpc) is 2.68. The largest absolute Gasteiger partial charge is 0.494 e. The number of benzene rings is 2. The van der Waals surface area contributed by atoms with Crippen LogP contribution in [-0.2, 0) is 5.66 Å². The van der Waals surface area contributed by atoms with E-state index in [0.717, 1.165) is 35.6 Å². The van der Waals surface area contributed by atoms with E-state index >= 15 is 0 Å². The summed E-state index contributed by atoms with van der Waals surface area (Å²) in [6.45, 7) is 9.14. The minimum atomic E-state index is -0.612. The maximum Gasteiger partial charge on any atom is 0.258 e. The van der Waals surface area contributed by atoms with Gasteiger partial charge in [-0.2, -0.15) is 0 Å². The van der Waals surface area contributed by atoms with Gasteiger partial charge in [-0.15, -0.1) is 0 Å². The molecular formula is C24H32N2O2. The molecule has 0 saturated carbocycles. The van der Waals surface area contributed by atoms with Crippen molar-refractivity contribution in [3.63, 3.8) is 0 Å². The summed E-state index contributed by atoms with van der Waals surface area (Å²) in [5.41, 5.74) is 2.03. The van der Waals surface area contributed by atoms with Crippen LogP contribution in [0, 0.1) is 0 Å². The van der Waals surface area contributed by atoms with Gasteiger partial charge in [0.25, 0.3) is 5.91 Å². The maximum atomic E-state index is 13.2. The van der Waals surface area contributed by atoms with Gasteiger partial charge in [-0.05, 0) is 57.0 Å². The lowest BCUT2D eigenvalue weighted by atomic mass is 9.92. The molecule has 1 amide bonds. The highest BCUT2D eigenvalue weighted by Crippen LogP contribution is 2.39. The Morgan fingerprint density at radius 3 is 2.43 bits per heavy atom. The number of anilines is 1. The van der Waals surface area contributed by atoms with Gasteiger partial charge in [0.05, 0.1) is 12.2 Å². The maximum absolute atomic E-state index is 13.2. The molecule has 0 aromatic heterocycles. The minimum Gasteiger partial charge on any atom is -0.494 e. The van der Waals surface area contributed by atoms with Crippen LogP contribution in [0.2, 0.25) is 0 Å². The molecule has 0 spiro atoms. The standard InChI is InChI=1S/C24H32N2O2/c1-5-6-7-10-17-28-20-15-13-19(14-16-20)24(4)25-22-12-9-8-11-21(22)23(27)26(24)18(2)3/h8-9,11-16,18,25H,5-7,10,17H2,1-4H3. The van der Waals surface area contributed by atoms with Crippen LogP contribution >= 0.6 is 0 Å². The molecule has 4 heteroatoms. The molecule has 1 atom stereocenters. The Balaban J connectivity index is 1.81. The Kier molecular flexibility index (Phi) is 6.28. The fraction of sp³-hybridized carbons (Fsp3) is 0.458. The lowest BCUT2D eigenvalue weighted by molar-refractivity contribution is 0.0433. The molecule has 0 fully saturated rings. The van der Waals surface area contributed by atoms with Gasteiger partial charge in [-0.3, -0.25) is 4.79 Å². The predicted molar refractivity (Wildman–Crippen MR) is 115 cm³/mol. The molecule has 1 heterocycles. The molecular weight excluding hydrogens is 348 g/mol. The first-order valence-electron chi connectivity index (χ1n) is 10.4. The molecule has 1 aliphatic rings. The van der Waals surface area contributed by atoms with E-state index in [1.165, 1.54) is 19.3 Å². The normalized spacial score (nSPS) is 18.8. The SMILES string of the molecule is CCCCCCOc1ccc(C2(C)Nc3ccccc3C(=O)N2C(C)C)cc1. The number of carbonyl (C=O) groups excluding carboxylic acids is 1. The third-order valence-corrected chi connectivity index (χ3v) is 5.44. The van der Waals surface area contributed by atoms with Crippen LogP contribution in [0.1, 0.15) is 69.3 Å². The molecule has 0 aliphatic carbocycles. The summed E-state index contributed by atoms with van der Waals surface area (Å²) in [5.74, 6) is 0.936. The number of fused-ring (bicyclic) bond motifs is 1. The zero-order valence-corrected chi connectivity index (χ0v) is 17.5. The summed E-state index contributed by atoms with van der Waals surface area (Å²) in [7, 11) is 0. The molecule has 1 unspecified atom stereocenters. The zero-order valence-electron chi connectivity index (χ0n) is 17.5. The van der Waals surface area contributed by atoms with Crippen LogP contribution < -0.4 is 10.1 Å². The van der Waals surface area contributed by atoms with E-state index < -0.39 is 5.66 Å². The molecule has 28 heavy (non-hydrogen) atoms. The van der Waals surface area contributed by atoms with Crippen LogP contribution in [0.15, 0.2) is 48.5 Å². The van der Waals surface area contributed by atoms with Crippen LogP contribution in [0.3, 0.4) is 0 Å². The van der Waals surface area contributed by atoms with E-state index in [1.54, 1.807) is 0 Å². The number of nitrogens with zero attached hydrogens (tertiary/aromatic N) is 1. The van der Waals surface area contributed by atoms with Crippen molar-refractivity contribution < 1.29 is 9.53 Å². The van der Waals surface area contributed by atoms with E-state index in [0.29, 0.717) is 0 Å². The number of rotatable bonds is 8. The molecule has 3 rings (SSSR count). The molecule has 0 radical (unpaired) electrons. The Bertz CT molecular complexity index is 801. The fourth-order valence-electron chi connectivity index (χ4n) is 3.99. The fourth-order valence-corrected chi connectivity index (χ4v) is 3.99. The Morgan fingerprint density at radius 1 is 1.04 bits per heavy atom. The summed E-state index contributed by atoms with van der Waals surface area (Å²) in [6.07, 6.45) is 4.78. The summed E-state index contributed by atoms with van der Waals surface area (Å²) >= 11 is 0. The number of nitrogens with one attached hydrogen (secondary N) is 1.